The van der Waals surface area contributed by atoms with E-state index in [1.54, 1.807) is 30.9 Å². The zero-order valence-corrected chi connectivity index (χ0v) is 14.4. The Labute approximate surface area is 141 Å². The first-order valence-electron chi connectivity index (χ1n) is 7.67. The highest BCUT2D eigenvalue weighted by molar-refractivity contribution is 7.94. The van der Waals surface area contributed by atoms with E-state index in [1.807, 2.05) is 0 Å². The largest absolute Gasteiger partial charge is 0.395 e. The molecule has 1 aromatic carbocycles. The van der Waals surface area contributed by atoms with Crippen molar-refractivity contribution >= 4 is 21.6 Å². The van der Waals surface area contributed by atoms with Gasteiger partial charge in [-0.05, 0) is 13.8 Å². The SMILES string of the molecule is CCN(CC)C1=C(S(=O)(=O)NCCO)C(=O)c2ccccc2C1=O. The molecule has 0 amide bonds. The van der Waals surface area contributed by atoms with Gasteiger partial charge in [-0.25, -0.2) is 13.1 Å². The van der Waals surface area contributed by atoms with Gasteiger partial charge in [-0.2, -0.15) is 0 Å². The molecular weight excluding hydrogens is 332 g/mol. The summed E-state index contributed by atoms with van der Waals surface area (Å²) in [5, 5.41) is 8.87. The van der Waals surface area contributed by atoms with Crippen LogP contribution in [-0.2, 0) is 10.0 Å². The fourth-order valence-corrected chi connectivity index (χ4v) is 4.00. The molecule has 1 aromatic rings. The van der Waals surface area contributed by atoms with Gasteiger partial charge in [0.1, 0.15) is 5.70 Å². The maximum atomic E-state index is 12.9. The molecule has 0 atom stereocenters. The number of Topliss-reactive ketones (excluding diaryl/α,β-unsaturated/α-hetero) is 2. The molecule has 0 fully saturated rings. The van der Waals surface area contributed by atoms with Crippen LogP contribution in [0.25, 0.3) is 0 Å². The van der Waals surface area contributed by atoms with Gasteiger partial charge in [0.25, 0.3) is 0 Å². The predicted molar refractivity (Wildman–Crippen MR) is 89.1 cm³/mol. The highest BCUT2D eigenvalue weighted by atomic mass is 32.2. The molecule has 0 aliphatic heterocycles. The Hall–Kier alpha value is -2.03. The van der Waals surface area contributed by atoms with Crippen molar-refractivity contribution in [1.29, 1.82) is 0 Å². The number of carbonyl (C=O) groups is 2. The summed E-state index contributed by atoms with van der Waals surface area (Å²) >= 11 is 0. The molecule has 0 saturated carbocycles. The Bertz CT molecular complexity index is 794. The Kier molecular flexibility index (Phi) is 5.53. The van der Waals surface area contributed by atoms with E-state index in [9.17, 15) is 18.0 Å². The maximum absolute atomic E-state index is 12.9. The number of rotatable bonds is 7. The Morgan fingerprint density at radius 2 is 1.58 bits per heavy atom. The first-order valence-corrected chi connectivity index (χ1v) is 9.15. The monoisotopic (exact) mass is 352 g/mol. The number of hydrogen-bond acceptors (Lipinski definition) is 6. The van der Waals surface area contributed by atoms with Gasteiger partial charge in [0.15, 0.2) is 4.91 Å². The van der Waals surface area contributed by atoms with Crippen LogP contribution in [0, 0.1) is 0 Å². The molecule has 0 spiro atoms. The molecule has 2 rings (SSSR count). The Morgan fingerprint density at radius 3 is 2.08 bits per heavy atom. The molecule has 0 aromatic heterocycles. The predicted octanol–water partition coefficient (Wildman–Crippen LogP) is 0.531. The standard InChI is InChI=1S/C16H20N2O5S/c1-3-18(4-2)13-14(20)11-7-5-6-8-12(11)15(21)16(13)24(22,23)17-9-10-19/h5-8,17,19H,3-4,9-10H2,1-2H3. The lowest BCUT2D eigenvalue weighted by Crippen LogP contribution is -2.40. The number of aliphatic hydroxyl groups is 1. The smallest absolute Gasteiger partial charge is 0.246 e. The third-order valence-corrected chi connectivity index (χ3v) is 5.31. The molecule has 130 valence electrons. The van der Waals surface area contributed by atoms with Crippen molar-refractivity contribution in [2.75, 3.05) is 26.2 Å². The van der Waals surface area contributed by atoms with Crippen LogP contribution in [-0.4, -0.2) is 56.2 Å². The molecule has 1 aliphatic carbocycles. The number of aliphatic hydroxyl groups excluding tert-OH is 1. The second kappa shape index (κ2) is 7.25. The molecule has 2 N–H and O–H groups in total. The number of ketones is 2. The summed E-state index contributed by atoms with van der Waals surface area (Å²) in [6.45, 7) is 3.67. The summed E-state index contributed by atoms with van der Waals surface area (Å²) < 4.78 is 27.3. The van der Waals surface area contributed by atoms with Crippen LogP contribution in [0.5, 0.6) is 0 Å². The third kappa shape index (κ3) is 3.12. The van der Waals surface area contributed by atoms with E-state index < -0.39 is 33.1 Å². The second-order valence-electron chi connectivity index (χ2n) is 5.18. The molecular formula is C16H20N2O5S. The second-order valence-corrected chi connectivity index (χ2v) is 6.88. The van der Waals surface area contributed by atoms with Crippen molar-refractivity contribution in [2.45, 2.75) is 13.8 Å². The van der Waals surface area contributed by atoms with Gasteiger partial charge in [-0.3, -0.25) is 9.59 Å². The minimum Gasteiger partial charge on any atom is -0.395 e. The van der Waals surface area contributed by atoms with Crippen molar-refractivity contribution < 1.29 is 23.1 Å². The van der Waals surface area contributed by atoms with Crippen LogP contribution in [0.2, 0.25) is 0 Å². The Balaban J connectivity index is 2.73. The Morgan fingerprint density at radius 1 is 1.04 bits per heavy atom. The van der Waals surface area contributed by atoms with Crippen molar-refractivity contribution in [2.24, 2.45) is 0 Å². The average Bonchev–Trinajstić information content (AvgIpc) is 2.58. The highest BCUT2D eigenvalue weighted by Crippen LogP contribution is 2.30. The molecule has 7 nitrogen and oxygen atoms in total. The maximum Gasteiger partial charge on any atom is 0.246 e. The number of likely N-dealkylation sites (N-methyl/N-ethyl adjacent to an activating group) is 1. The highest BCUT2D eigenvalue weighted by Gasteiger charge is 2.40. The first-order chi connectivity index (χ1) is 11.4. The van der Waals surface area contributed by atoms with Crippen molar-refractivity contribution in [3.63, 3.8) is 0 Å². The molecule has 0 heterocycles. The number of carbonyl (C=O) groups excluding carboxylic acids is 2. The molecule has 8 heteroatoms. The van der Waals surface area contributed by atoms with Crippen LogP contribution >= 0.6 is 0 Å². The lowest BCUT2D eigenvalue weighted by molar-refractivity contribution is 0.0949. The van der Waals surface area contributed by atoms with Crippen LogP contribution in [0.1, 0.15) is 34.6 Å². The van der Waals surface area contributed by atoms with Gasteiger partial charge in [0.2, 0.25) is 21.6 Å². The topological polar surface area (TPSA) is 104 Å². The van der Waals surface area contributed by atoms with Crippen LogP contribution < -0.4 is 4.72 Å². The van der Waals surface area contributed by atoms with E-state index in [0.29, 0.717) is 13.1 Å². The summed E-state index contributed by atoms with van der Waals surface area (Å²) in [6.07, 6.45) is 0. The summed E-state index contributed by atoms with van der Waals surface area (Å²) in [7, 11) is -4.23. The average molecular weight is 352 g/mol. The molecule has 0 bridgehead atoms. The van der Waals surface area contributed by atoms with Gasteiger partial charge >= 0.3 is 0 Å². The zero-order valence-electron chi connectivity index (χ0n) is 13.6. The minimum absolute atomic E-state index is 0.0720. The summed E-state index contributed by atoms with van der Waals surface area (Å²) in [4.78, 5) is 26.7. The fourth-order valence-electron chi connectivity index (χ4n) is 2.67. The lowest BCUT2D eigenvalue weighted by Gasteiger charge is -2.29. The molecule has 0 radical (unpaired) electrons. The molecule has 24 heavy (non-hydrogen) atoms. The van der Waals surface area contributed by atoms with Gasteiger partial charge in [-0.1, -0.05) is 24.3 Å². The quantitative estimate of drug-likeness (QED) is 0.742. The lowest BCUT2D eigenvalue weighted by atomic mass is 9.92. The summed E-state index contributed by atoms with van der Waals surface area (Å²) in [5.74, 6) is -1.20. The fraction of sp³-hybridized carbons (Fsp3) is 0.375. The van der Waals surface area contributed by atoms with Crippen molar-refractivity contribution in [1.82, 2.24) is 9.62 Å². The summed E-state index contributed by atoms with van der Waals surface area (Å²) in [6, 6.07) is 6.17. The number of nitrogens with zero attached hydrogens (tertiary/aromatic N) is 1. The third-order valence-electron chi connectivity index (χ3n) is 3.80. The van der Waals surface area contributed by atoms with E-state index in [2.05, 4.69) is 4.72 Å². The van der Waals surface area contributed by atoms with E-state index in [1.165, 1.54) is 12.1 Å². The number of nitrogens with one attached hydrogen (secondary N) is 1. The van der Waals surface area contributed by atoms with E-state index in [4.69, 9.17) is 5.11 Å². The van der Waals surface area contributed by atoms with Gasteiger partial charge < -0.3 is 10.0 Å². The number of allylic oxidation sites excluding steroid dienone is 2. The van der Waals surface area contributed by atoms with Gasteiger partial charge in [0, 0.05) is 30.8 Å². The van der Waals surface area contributed by atoms with Crippen molar-refractivity contribution in [3.8, 4) is 0 Å². The van der Waals surface area contributed by atoms with E-state index in [-0.39, 0.29) is 23.4 Å². The first kappa shape index (κ1) is 18.3. The van der Waals surface area contributed by atoms with Crippen molar-refractivity contribution in [3.05, 3.63) is 46.0 Å². The normalized spacial score (nSPS) is 14.8. The number of fused-ring (bicyclic) bond motifs is 1. The molecule has 1 aliphatic rings. The van der Waals surface area contributed by atoms with Gasteiger partial charge in [0.05, 0.1) is 6.61 Å². The number of sulfonamides is 1. The molecule has 0 saturated heterocycles. The molecule has 0 unspecified atom stereocenters. The number of hydrogen-bond donors (Lipinski definition) is 2. The summed E-state index contributed by atoms with van der Waals surface area (Å²) in [5.41, 5.74) is 0.155. The minimum atomic E-state index is -4.23. The van der Waals surface area contributed by atoms with E-state index in [0.717, 1.165) is 0 Å². The van der Waals surface area contributed by atoms with Crippen LogP contribution in [0.4, 0.5) is 0 Å². The zero-order chi connectivity index (χ0) is 17.9. The van der Waals surface area contributed by atoms with Crippen LogP contribution in [0.3, 0.4) is 0 Å². The van der Waals surface area contributed by atoms with Gasteiger partial charge in [-0.15, -0.1) is 0 Å². The van der Waals surface area contributed by atoms with Crippen LogP contribution in [0.15, 0.2) is 34.9 Å². The van der Waals surface area contributed by atoms with E-state index >= 15 is 0 Å². The number of benzene rings is 1.